The minimum Gasteiger partial charge on any atom is -0.465 e. The topological polar surface area (TPSA) is 79.5 Å². The van der Waals surface area contributed by atoms with Gasteiger partial charge in [0, 0.05) is 5.56 Å². The molecule has 0 aliphatic rings. The molecule has 2 aromatic carbocycles. The first kappa shape index (κ1) is 16.4. The van der Waals surface area contributed by atoms with Crippen LogP contribution in [0.3, 0.4) is 0 Å². The zero-order chi connectivity index (χ0) is 16.7. The number of hydrogen-bond donors (Lipinski definition) is 3. The van der Waals surface area contributed by atoms with Crippen LogP contribution in [0.5, 0.6) is 0 Å². The Balaban J connectivity index is 1.96. The van der Waals surface area contributed by atoms with E-state index in [4.69, 9.17) is 17.0 Å². The van der Waals surface area contributed by atoms with Crippen LogP contribution in [-0.4, -0.2) is 24.1 Å². The van der Waals surface area contributed by atoms with E-state index in [0.29, 0.717) is 16.8 Å². The predicted octanol–water partition coefficient (Wildman–Crippen LogP) is 2.10. The summed E-state index contributed by atoms with van der Waals surface area (Å²) in [5.74, 6) is -0.805. The summed E-state index contributed by atoms with van der Waals surface area (Å²) in [5, 5.41) is 2.98. The fraction of sp³-hybridized carbons (Fsp3) is 0.0625. The lowest BCUT2D eigenvalue weighted by Gasteiger charge is -2.13. The van der Waals surface area contributed by atoms with Gasteiger partial charge >= 0.3 is 5.97 Å². The Labute approximate surface area is 138 Å². The van der Waals surface area contributed by atoms with Gasteiger partial charge in [0.1, 0.15) is 0 Å². The molecular weight excluding hydrogens is 314 g/mol. The molecular formula is C16H15N3O3S. The van der Waals surface area contributed by atoms with Gasteiger partial charge in [-0.15, -0.1) is 0 Å². The summed E-state index contributed by atoms with van der Waals surface area (Å²) in [4.78, 5) is 23.6. The lowest BCUT2D eigenvalue weighted by molar-refractivity contribution is 0.0601. The highest BCUT2D eigenvalue weighted by molar-refractivity contribution is 7.80. The fourth-order valence-corrected chi connectivity index (χ4v) is 1.97. The van der Waals surface area contributed by atoms with Crippen molar-refractivity contribution in [1.82, 2.24) is 10.9 Å². The van der Waals surface area contributed by atoms with Crippen molar-refractivity contribution in [3.63, 3.8) is 0 Å². The molecule has 0 heterocycles. The van der Waals surface area contributed by atoms with Crippen LogP contribution in [0.2, 0.25) is 0 Å². The summed E-state index contributed by atoms with van der Waals surface area (Å²) in [6, 6.07) is 15.5. The molecule has 0 spiro atoms. The number of ether oxygens (including phenoxy) is 1. The maximum Gasteiger partial charge on any atom is 0.339 e. The first-order valence-corrected chi connectivity index (χ1v) is 7.12. The van der Waals surface area contributed by atoms with Crippen LogP contribution in [-0.2, 0) is 4.74 Å². The number of methoxy groups -OCH3 is 1. The van der Waals surface area contributed by atoms with E-state index in [0.717, 1.165) is 0 Å². The lowest BCUT2D eigenvalue weighted by Crippen LogP contribution is -2.43. The number of hydrogen-bond acceptors (Lipinski definition) is 4. The monoisotopic (exact) mass is 329 g/mol. The molecule has 0 saturated carbocycles. The van der Waals surface area contributed by atoms with Gasteiger partial charge in [0.05, 0.1) is 18.4 Å². The number of para-hydroxylation sites is 1. The second-order valence-electron chi connectivity index (χ2n) is 4.44. The van der Waals surface area contributed by atoms with Gasteiger partial charge in [0.15, 0.2) is 5.11 Å². The van der Waals surface area contributed by atoms with E-state index >= 15 is 0 Å². The average molecular weight is 329 g/mol. The van der Waals surface area contributed by atoms with Gasteiger partial charge in [-0.3, -0.25) is 15.6 Å². The van der Waals surface area contributed by atoms with Gasteiger partial charge in [0.25, 0.3) is 5.91 Å². The number of carbonyl (C=O) groups is 2. The maximum atomic E-state index is 11.9. The molecule has 0 unspecified atom stereocenters. The smallest absolute Gasteiger partial charge is 0.339 e. The van der Waals surface area contributed by atoms with Crippen LogP contribution < -0.4 is 16.2 Å². The predicted molar refractivity (Wildman–Crippen MR) is 91.0 cm³/mol. The number of rotatable bonds is 3. The molecule has 3 N–H and O–H groups in total. The normalized spacial score (nSPS) is 9.61. The SMILES string of the molecule is COC(=O)c1ccccc1NC(=S)NNC(=O)c1ccccc1. The van der Waals surface area contributed by atoms with Crippen LogP contribution in [0.4, 0.5) is 5.69 Å². The lowest BCUT2D eigenvalue weighted by atomic mass is 10.2. The molecule has 23 heavy (non-hydrogen) atoms. The molecule has 7 heteroatoms. The summed E-state index contributed by atoms with van der Waals surface area (Å²) in [6.07, 6.45) is 0. The third kappa shape index (κ3) is 4.52. The van der Waals surface area contributed by atoms with Gasteiger partial charge in [0.2, 0.25) is 0 Å². The van der Waals surface area contributed by atoms with E-state index in [1.165, 1.54) is 7.11 Å². The number of thiocarbonyl (C=S) groups is 1. The number of esters is 1. The molecule has 2 rings (SSSR count). The van der Waals surface area contributed by atoms with Crippen LogP contribution in [0.15, 0.2) is 54.6 Å². The highest BCUT2D eigenvalue weighted by Crippen LogP contribution is 2.15. The zero-order valence-corrected chi connectivity index (χ0v) is 13.1. The Morgan fingerprint density at radius 2 is 1.61 bits per heavy atom. The molecule has 0 aliphatic carbocycles. The van der Waals surface area contributed by atoms with Crippen molar-refractivity contribution in [3.05, 3.63) is 65.7 Å². The van der Waals surface area contributed by atoms with Gasteiger partial charge in [-0.25, -0.2) is 4.79 Å². The standard InChI is InChI=1S/C16H15N3O3S/c1-22-15(21)12-9-5-6-10-13(12)17-16(23)19-18-14(20)11-7-3-2-4-8-11/h2-10H,1H3,(H,18,20)(H2,17,19,23). The van der Waals surface area contributed by atoms with Gasteiger partial charge < -0.3 is 10.1 Å². The number of benzene rings is 2. The molecule has 1 amide bonds. The number of hydrazine groups is 1. The van der Waals surface area contributed by atoms with E-state index < -0.39 is 5.97 Å². The zero-order valence-electron chi connectivity index (χ0n) is 12.3. The molecule has 0 bridgehead atoms. The first-order chi connectivity index (χ1) is 11.1. The second kappa shape index (κ2) is 7.90. The number of nitrogens with one attached hydrogen (secondary N) is 3. The molecule has 0 atom stereocenters. The van der Waals surface area contributed by atoms with E-state index in [1.54, 1.807) is 48.5 Å². The molecule has 0 aliphatic heterocycles. The van der Waals surface area contributed by atoms with Crippen LogP contribution in [0.1, 0.15) is 20.7 Å². The van der Waals surface area contributed by atoms with E-state index in [1.807, 2.05) is 6.07 Å². The average Bonchev–Trinajstić information content (AvgIpc) is 2.60. The van der Waals surface area contributed by atoms with Crippen LogP contribution in [0.25, 0.3) is 0 Å². The van der Waals surface area contributed by atoms with Crippen molar-refractivity contribution < 1.29 is 14.3 Å². The Morgan fingerprint density at radius 1 is 0.957 bits per heavy atom. The van der Waals surface area contributed by atoms with E-state index in [2.05, 4.69) is 16.2 Å². The Bertz CT molecular complexity index is 720. The molecule has 0 aromatic heterocycles. The summed E-state index contributed by atoms with van der Waals surface area (Å²) in [7, 11) is 1.30. The molecule has 2 aromatic rings. The molecule has 6 nitrogen and oxygen atoms in total. The summed E-state index contributed by atoms with van der Waals surface area (Å²) < 4.78 is 4.70. The Hall–Kier alpha value is -2.93. The van der Waals surface area contributed by atoms with Crippen molar-refractivity contribution in [2.45, 2.75) is 0 Å². The molecule has 0 radical (unpaired) electrons. The van der Waals surface area contributed by atoms with Crippen molar-refractivity contribution in [1.29, 1.82) is 0 Å². The fourth-order valence-electron chi connectivity index (χ4n) is 1.81. The second-order valence-corrected chi connectivity index (χ2v) is 4.84. The molecule has 0 saturated heterocycles. The summed E-state index contributed by atoms with van der Waals surface area (Å²) in [5.41, 5.74) is 6.37. The third-order valence-corrected chi connectivity index (χ3v) is 3.11. The highest BCUT2D eigenvalue weighted by atomic mass is 32.1. The molecule has 118 valence electrons. The van der Waals surface area contributed by atoms with Crippen molar-refractivity contribution in [2.24, 2.45) is 0 Å². The third-order valence-electron chi connectivity index (χ3n) is 2.91. The van der Waals surface area contributed by atoms with Gasteiger partial charge in [-0.05, 0) is 36.5 Å². The van der Waals surface area contributed by atoms with Crippen molar-refractivity contribution >= 4 is 34.9 Å². The van der Waals surface area contributed by atoms with Gasteiger partial charge in [-0.1, -0.05) is 30.3 Å². The summed E-state index contributed by atoms with van der Waals surface area (Å²) >= 11 is 5.10. The Kier molecular flexibility index (Phi) is 5.65. The quantitative estimate of drug-likeness (QED) is 0.455. The number of amides is 1. The largest absolute Gasteiger partial charge is 0.465 e. The number of anilines is 1. The number of carbonyl (C=O) groups excluding carboxylic acids is 2. The van der Waals surface area contributed by atoms with E-state index in [-0.39, 0.29) is 11.0 Å². The van der Waals surface area contributed by atoms with Crippen molar-refractivity contribution in [2.75, 3.05) is 12.4 Å². The molecule has 0 fully saturated rings. The minimum atomic E-state index is -0.482. The van der Waals surface area contributed by atoms with Crippen LogP contribution in [0, 0.1) is 0 Å². The highest BCUT2D eigenvalue weighted by Gasteiger charge is 2.12. The summed E-state index contributed by atoms with van der Waals surface area (Å²) in [6.45, 7) is 0. The first-order valence-electron chi connectivity index (χ1n) is 6.71. The Morgan fingerprint density at radius 3 is 2.30 bits per heavy atom. The van der Waals surface area contributed by atoms with E-state index in [9.17, 15) is 9.59 Å². The minimum absolute atomic E-state index is 0.144. The van der Waals surface area contributed by atoms with Crippen molar-refractivity contribution in [3.8, 4) is 0 Å². The van der Waals surface area contributed by atoms with Gasteiger partial charge in [-0.2, -0.15) is 0 Å². The van der Waals surface area contributed by atoms with Crippen LogP contribution >= 0.6 is 12.2 Å². The maximum absolute atomic E-state index is 11.9.